The van der Waals surface area contributed by atoms with Crippen LogP contribution in [0.4, 0.5) is 0 Å². The Morgan fingerprint density at radius 2 is 2.00 bits per heavy atom. The number of ether oxygens (including phenoxy) is 1. The van der Waals surface area contributed by atoms with Crippen LogP contribution in [0.5, 0.6) is 5.75 Å². The number of phosphoric acid groups is 1. The SMILES string of the molecule is CC[C@@](OP(=O)(O)O)(c1cccc(OC)c1)[C@@H](C)CN(C)C. The lowest BCUT2D eigenvalue weighted by molar-refractivity contribution is -0.0268. The highest BCUT2D eigenvalue weighted by Crippen LogP contribution is 2.51. The lowest BCUT2D eigenvalue weighted by atomic mass is 9.80. The summed E-state index contributed by atoms with van der Waals surface area (Å²) in [6.07, 6.45) is 0.431. The van der Waals surface area contributed by atoms with Gasteiger partial charge < -0.3 is 19.4 Å². The Bertz CT molecular complexity index is 530. The highest BCUT2D eigenvalue weighted by atomic mass is 31.2. The summed E-state index contributed by atoms with van der Waals surface area (Å²) in [7, 11) is 0.739. The van der Waals surface area contributed by atoms with Gasteiger partial charge in [-0.3, -0.25) is 4.52 Å². The van der Waals surface area contributed by atoms with Crippen molar-refractivity contribution in [1.82, 2.24) is 4.90 Å². The van der Waals surface area contributed by atoms with E-state index in [9.17, 15) is 14.4 Å². The molecule has 0 aliphatic heterocycles. The summed E-state index contributed by atoms with van der Waals surface area (Å²) in [6.45, 7) is 4.42. The Kier molecular flexibility index (Phi) is 6.59. The van der Waals surface area contributed by atoms with Gasteiger partial charge in [-0.25, -0.2) is 4.57 Å². The Balaban J connectivity index is 3.37. The third-order valence-corrected chi connectivity index (χ3v) is 4.36. The Morgan fingerprint density at radius 1 is 1.36 bits per heavy atom. The van der Waals surface area contributed by atoms with Crippen molar-refractivity contribution >= 4 is 7.82 Å². The summed E-state index contributed by atoms with van der Waals surface area (Å²) < 4.78 is 22.1. The van der Waals surface area contributed by atoms with E-state index in [1.807, 2.05) is 38.9 Å². The van der Waals surface area contributed by atoms with Crippen LogP contribution in [-0.4, -0.2) is 42.4 Å². The molecule has 0 spiro atoms. The van der Waals surface area contributed by atoms with Gasteiger partial charge in [0.1, 0.15) is 11.4 Å². The fourth-order valence-corrected chi connectivity index (χ4v) is 3.68. The quantitative estimate of drug-likeness (QED) is 0.713. The molecule has 0 bridgehead atoms. The number of hydrogen-bond acceptors (Lipinski definition) is 4. The summed E-state index contributed by atoms with van der Waals surface area (Å²) in [5.41, 5.74) is -0.385. The van der Waals surface area contributed by atoms with Crippen LogP contribution in [0.2, 0.25) is 0 Å². The number of hydrogen-bond donors (Lipinski definition) is 2. The second kappa shape index (κ2) is 7.57. The Labute approximate surface area is 132 Å². The van der Waals surface area contributed by atoms with E-state index in [-0.39, 0.29) is 5.92 Å². The van der Waals surface area contributed by atoms with Crippen molar-refractivity contribution in [2.45, 2.75) is 25.9 Å². The number of phosphoric ester groups is 1. The van der Waals surface area contributed by atoms with E-state index < -0.39 is 13.4 Å². The van der Waals surface area contributed by atoms with E-state index in [1.54, 1.807) is 25.3 Å². The molecule has 126 valence electrons. The van der Waals surface area contributed by atoms with Crippen molar-refractivity contribution in [3.05, 3.63) is 29.8 Å². The first kappa shape index (κ1) is 19.1. The van der Waals surface area contributed by atoms with Crippen molar-refractivity contribution in [2.75, 3.05) is 27.7 Å². The van der Waals surface area contributed by atoms with Gasteiger partial charge in [-0.1, -0.05) is 26.0 Å². The minimum atomic E-state index is -4.65. The van der Waals surface area contributed by atoms with Gasteiger partial charge in [-0.2, -0.15) is 0 Å². The van der Waals surface area contributed by atoms with Gasteiger partial charge in [-0.05, 0) is 38.2 Å². The molecule has 0 fully saturated rings. The molecule has 0 heterocycles. The largest absolute Gasteiger partial charge is 0.497 e. The average molecular weight is 331 g/mol. The number of nitrogens with zero attached hydrogens (tertiary/aromatic N) is 1. The number of methoxy groups -OCH3 is 1. The first-order valence-corrected chi connectivity index (χ1v) is 8.73. The van der Waals surface area contributed by atoms with E-state index in [1.165, 1.54) is 0 Å². The van der Waals surface area contributed by atoms with Crippen molar-refractivity contribution in [3.8, 4) is 5.75 Å². The molecule has 1 aromatic carbocycles. The third kappa shape index (κ3) is 4.80. The first-order valence-electron chi connectivity index (χ1n) is 7.20. The molecule has 0 radical (unpaired) electrons. The average Bonchev–Trinajstić information content (AvgIpc) is 2.43. The van der Waals surface area contributed by atoms with E-state index in [0.717, 1.165) is 0 Å². The van der Waals surface area contributed by atoms with Crippen LogP contribution in [0.3, 0.4) is 0 Å². The highest BCUT2D eigenvalue weighted by molar-refractivity contribution is 7.46. The van der Waals surface area contributed by atoms with E-state index in [4.69, 9.17) is 9.26 Å². The number of benzene rings is 1. The minimum absolute atomic E-state index is 0.132. The molecule has 1 aromatic rings. The molecule has 0 amide bonds. The van der Waals surface area contributed by atoms with Crippen LogP contribution >= 0.6 is 7.82 Å². The van der Waals surface area contributed by atoms with Crippen molar-refractivity contribution in [1.29, 1.82) is 0 Å². The molecule has 0 aliphatic carbocycles. The molecule has 2 N–H and O–H groups in total. The lowest BCUT2D eigenvalue weighted by Crippen LogP contribution is -2.40. The van der Waals surface area contributed by atoms with Gasteiger partial charge >= 0.3 is 7.82 Å². The lowest BCUT2D eigenvalue weighted by Gasteiger charge is -2.39. The van der Waals surface area contributed by atoms with E-state index in [2.05, 4.69) is 0 Å². The van der Waals surface area contributed by atoms with E-state index >= 15 is 0 Å². The number of rotatable bonds is 8. The van der Waals surface area contributed by atoms with Crippen LogP contribution in [-0.2, 0) is 14.7 Å². The third-order valence-electron chi connectivity index (χ3n) is 3.80. The normalized spacial score (nSPS) is 16.4. The van der Waals surface area contributed by atoms with Crippen LogP contribution in [0.1, 0.15) is 25.8 Å². The Morgan fingerprint density at radius 3 is 2.45 bits per heavy atom. The molecular formula is C15H26NO5P. The van der Waals surface area contributed by atoms with Gasteiger partial charge in [0.2, 0.25) is 0 Å². The molecule has 0 unspecified atom stereocenters. The van der Waals surface area contributed by atoms with Gasteiger partial charge in [0, 0.05) is 12.5 Å². The van der Waals surface area contributed by atoms with Gasteiger partial charge in [0.25, 0.3) is 0 Å². The predicted molar refractivity (Wildman–Crippen MR) is 85.8 cm³/mol. The second-order valence-electron chi connectivity index (χ2n) is 5.72. The van der Waals surface area contributed by atoms with Gasteiger partial charge in [0.15, 0.2) is 0 Å². The fraction of sp³-hybridized carbons (Fsp3) is 0.600. The molecule has 1 rings (SSSR count). The van der Waals surface area contributed by atoms with Crippen LogP contribution in [0, 0.1) is 5.92 Å². The summed E-state index contributed by atoms with van der Waals surface area (Å²) in [6, 6.07) is 7.17. The standard InChI is InChI=1S/C15H26NO5P/c1-6-15(21-22(17,18)19,12(2)11-16(3)4)13-8-7-9-14(10-13)20-5/h7-10,12H,6,11H2,1-5H3,(H2,17,18,19)/t12-,15-/m0/s1. The van der Waals surface area contributed by atoms with Crippen molar-refractivity contribution in [2.24, 2.45) is 5.92 Å². The summed E-state index contributed by atoms with van der Waals surface area (Å²) in [5, 5.41) is 0. The highest BCUT2D eigenvalue weighted by Gasteiger charge is 2.43. The molecule has 6 nitrogen and oxygen atoms in total. The maximum atomic E-state index is 11.6. The first-order chi connectivity index (χ1) is 10.1. The zero-order valence-corrected chi connectivity index (χ0v) is 14.7. The second-order valence-corrected chi connectivity index (χ2v) is 6.88. The smallest absolute Gasteiger partial charge is 0.470 e. The summed E-state index contributed by atoms with van der Waals surface area (Å²) in [4.78, 5) is 20.8. The summed E-state index contributed by atoms with van der Waals surface area (Å²) in [5.74, 6) is 0.494. The van der Waals surface area contributed by atoms with Crippen LogP contribution < -0.4 is 4.74 Å². The molecule has 2 atom stereocenters. The molecule has 22 heavy (non-hydrogen) atoms. The zero-order chi connectivity index (χ0) is 17.0. The maximum Gasteiger partial charge on any atom is 0.470 e. The van der Waals surface area contributed by atoms with Gasteiger partial charge in [0.05, 0.1) is 7.11 Å². The summed E-state index contributed by atoms with van der Waals surface area (Å²) >= 11 is 0. The topological polar surface area (TPSA) is 79.2 Å². The molecule has 0 saturated heterocycles. The van der Waals surface area contributed by atoms with Crippen molar-refractivity contribution < 1.29 is 23.6 Å². The van der Waals surface area contributed by atoms with Crippen molar-refractivity contribution in [3.63, 3.8) is 0 Å². The van der Waals surface area contributed by atoms with Gasteiger partial charge in [-0.15, -0.1) is 0 Å². The Hall–Kier alpha value is -0.910. The minimum Gasteiger partial charge on any atom is -0.497 e. The fourth-order valence-electron chi connectivity index (χ4n) is 2.84. The zero-order valence-electron chi connectivity index (χ0n) is 13.8. The van der Waals surface area contributed by atoms with Crippen LogP contribution in [0.15, 0.2) is 24.3 Å². The molecule has 7 heteroatoms. The van der Waals surface area contributed by atoms with Crippen LogP contribution in [0.25, 0.3) is 0 Å². The molecule has 0 aliphatic rings. The molecule has 0 saturated carbocycles. The maximum absolute atomic E-state index is 11.6. The molecular weight excluding hydrogens is 305 g/mol. The monoisotopic (exact) mass is 331 g/mol. The predicted octanol–water partition coefficient (Wildman–Crippen LogP) is 2.61. The van der Waals surface area contributed by atoms with E-state index in [0.29, 0.717) is 24.3 Å². The molecule has 0 aromatic heterocycles.